The number of anilines is 1. The average Bonchev–Trinajstić information content (AvgIpc) is 2.80. The lowest BCUT2D eigenvalue weighted by Gasteiger charge is -2.04. The zero-order valence-electron chi connectivity index (χ0n) is 9.39. The lowest BCUT2D eigenvalue weighted by molar-refractivity contribution is 0.0692. The molecule has 0 aliphatic heterocycles. The minimum Gasteiger partial charge on any atom is -0.476 e. The van der Waals surface area contributed by atoms with Gasteiger partial charge in [0.25, 0.3) is 0 Å². The average molecular weight is 283 g/mol. The predicted molar refractivity (Wildman–Crippen MR) is 72.7 cm³/mol. The number of aromatic carboxylic acids is 1. The second-order valence-electron chi connectivity index (χ2n) is 3.64. The number of thiazole rings is 1. The summed E-state index contributed by atoms with van der Waals surface area (Å²) in [5.41, 5.74) is 2.75. The highest BCUT2D eigenvalue weighted by molar-refractivity contribution is 7.14. The third kappa shape index (κ3) is 3.21. The number of carbonyl (C=O) groups is 1. The van der Waals surface area contributed by atoms with Crippen LogP contribution in [0.25, 0.3) is 0 Å². The van der Waals surface area contributed by atoms with E-state index in [2.05, 4.69) is 10.3 Å². The van der Waals surface area contributed by atoms with Gasteiger partial charge in [0.2, 0.25) is 0 Å². The highest BCUT2D eigenvalue weighted by Gasteiger charge is 2.12. The molecule has 4 nitrogen and oxygen atoms in total. The number of hydrogen-bond donors (Lipinski definition) is 2. The second-order valence-corrected chi connectivity index (χ2v) is 4.93. The zero-order chi connectivity index (χ0) is 13.0. The quantitative estimate of drug-likeness (QED) is 0.884. The summed E-state index contributed by atoms with van der Waals surface area (Å²) < 4.78 is 0. The molecule has 0 atom stereocenters. The number of carboxylic acid groups (broad SMARTS) is 1. The van der Waals surface area contributed by atoms with Crippen LogP contribution >= 0.6 is 22.9 Å². The predicted octanol–water partition coefficient (Wildman–Crippen LogP) is 3.15. The van der Waals surface area contributed by atoms with Crippen LogP contribution < -0.4 is 5.32 Å². The fraction of sp³-hybridized carbons (Fsp3) is 0.167. The molecule has 0 saturated heterocycles. The first-order valence-electron chi connectivity index (χ1n) is 5.32. The SMILES string of the molecule is O=C(O)c1ncsc1NCCc1ccc(Cl)cc1. The zero-order valence-corrected chi connectivity index (χ0v) is 11.0. The van der Waals surface area contributed by atoms with E-state index < -0.39 is 5.97 Å². The van der Waals surface area contributed by atoms with Gasteiger partial charge in [0.05, 0.1) is 5.51 Å². The van der Waals surface area contributed by atoms with Crippen LogP contribution in [0.4, 0.5) is 5.00 Å². The van der Waals surface area contributed by atoms with Crippen LogP contribution in [0.1, 0.15) is 16.1 Å². The molecule has 1 aromatic heterocycles. The largest absolute Gasteiger partial charge is 0.476 e. The Kier molecular flexibility index (Phi) is 4.17. The van der Waals surface area contributed by atoms with E-state index in [1.54, 1.807) is 0 Å². The van der Waals surface area contributed by atoms with E-state index in [1.165, 1.54) is 16.8 Å². The number of nitrogens with zero attached hydrogens (tertiary/aromatic N) is 1. The van der Waals surface area contributed by atoms with Gasteiger partial charge in [0.15, 0.2) is 5.69 Å². The highest BCUT2D eigenvalue weighted by atomic mass is 35.5. The van der Waals surface area contributed by atoms with Gasteiger partial charge in [0.1, 0.15) is 5.00 Å². The molecular formula is C12H11ClN2O2S. The van der Waals surface area contributed by atoms with Gasteiger partial charge >= 0.3 is 5.97 Å². The molecule has 1 heterocycles. The summed E-state index contributed by atoms with van der Waals surface area (Å²) in [6.45, 7) is 0.657. The van der Waals surface area contributed by atoms with Crippen molar-refractivity contribution in [2.75, 3.05) is 11.9 Å². The van der Waals surface area contributed by atoms with Crippen molar-refractivity contribution in [2.24, 2.45) is 0 Å². The molecule has 0 bridgehead atoms. The Morgan fingerprint density at radius 1 is 1.39 bits per heavy atom. The highest BCUT2D eigenvalue weighted by Crippen LogP contribution is 2.20. The van der Waals surface area contributed by atoms with Gasteiger partial charge in [-0.25, -0.2) is 9.78 Å². The fourth-order valence-electron chi connectivity index (χ4n) is 1.50. The summed E-state index contributed by atoms with van der Waals surface area (Å²) in [6, 6.07) is 7.59. The Hall–Kier alpha value is -1.59. The molecule has 6 heteroatoms. The van der Waals surface area contributed by atoms with Crippen LogP contribution in [0, 0.1) is 0 Å². The first-order valence-corrected chi connectivity index (χ1v) is 6.57. The van der Waals surface area contributed by atoms with E-state index in [4.69, 9.17) is 16.7 Å². The maximum Gasteiger partial charge on any atom is 0.357 e. The van der Waals surface area contributed by atoms with E-state index in [9.17, 15) is 4.79 Å². The first-order chi connectivity index (χ1) is 8.66. The summed E-state index contributed by atoms with van der Waals surface area (Å²) in [6.07, 6.45) is 0.800. The molecule has 2 rings (SSSR count). The van der Waals surface area contributed by atoms with Crippen molar-refractivity contribution < 1.29 is 9.90 Å². The second kappa shape index (κ2) is 5.84. The van der Waals surface area contributed by atoms with Crippen LogP contribution in [0.15, 0.2) is 29.8 Å². The van der Waals surface area contributed by atoms with Crippen molar-refractivity contribution in [2.45, 2.75) is 6.42 Å². The molecule has 0 saturated carbocycles. The van der Waals surface area contributed by atoms with Crippen molar-refractivity contribution >= 4 is 33.9 Å². The maximum absolute atomic E-state index is 10.8. The van der Waals surface area contributed by atoms with E-state index in [0.29, 0.717) is 16.6 Å². The topological polar surface area (TPSA) is 62.2 Å². The van der Waals surface area contributed by atoms with Gasteiger partial charge in [-0.05, 0) is 24.1 Å². The molecule has 0 spiro atoms. The van der Waals surface area contributed by atoms with Gasteiger partial charge < -0.3 is 10.4 Å². The van der Waals surface area contributed by atoms with Crippen molar-refractivity contribution in [3.8, 4) is 0 Å². The number of rotatable bonds is 5. The molecule has 0 amide bonds. The van der Waals surface area contributed by atoms with E-state index in [0.717, 1.165) is 12.0 Å². The van der Waals surface area contributed by atoms with Crippen molar-refractivity contribution in [1.82, 2.24) is 4.98 Å². The Labute approximate surface area is 113 Å². The molecule has 94 valence electrons. The van der Waals surface area contributed by atoms with Crippen LogP contribution in [-0.4, -0.2) is 22.6 Å². The monoisotopic (exact) mass is 282 g/mol. The minimum atomic E-state index is -1.01. The molecule has 0 aliphatic rings. The van der Waals surface area contributed by atoms with Crippen molar-refractivity contribution in [1.29, 1.82) is 0 Å². The first kappa shape index (κ1) is 12.9. The Balaban J connectivity index is 1.90. The van der Waals surface area contributed by atoms with Crippen LogP contribution in [0.3, 0.4) is 0 Å². The summed E-state index contributed by atoms with van der Waals surface area (Å²) in [5.74, 6) is -1.01. The fourth-order valence-corrected chi connectivity index (χ4v) is 2.32. The third-order valence-corrected chi connectivity index (χ3v) is 3.42. The molecule has 18 heavy (non-hydrogen) atoms. The lowest BCUT2D eigenvalue weighted by atomic mass is 10.1. The van der Waals surface area contributed by atoms with Crippen LogP contribution in [-0.2, 0) is 6.42 Å². The number of halogens is 1. The number of benzene rings is 1. The third-order valence-electron chi connectivity index (χ3n) is 2.38. The maximum atomic E-state index is 10.8. The molecule has 2 N–H and O–H groups in total. The number of carboxylic acids is 1. The molecule has 0 aliphatic carbocycles. The van der Waals surface area contributed by atoms with Gasteiger partial charge in [-0.2, -0.15) is 0 Å². The summed E-state index contributed by atoms with van der Waals surface area (Å²) in [7, 11) is 0. The van der Waals surface area contributed by atoms with E-state index >= 15 is 0 Å². The molecule has 0 fully saturated rings. The normalized spacial score (nSPS) is 10.3. The molecule has 2 aromatic rings. The van der Waals surface area contributed by atoms with Crippen LogP contribution in [0.2, 0.25) is 5.02 Å². The van der Waals surface area contributed by atoms with E-state index in [1.807, 2.05) is 24.3 Å². The smallest absolute Gasteiger partial charge is 0.357 e. The molecule has 1 aromatic carbocycles. The number of aromatic nitrogens is 1. The molecular weight excluding hydrogens is 272 g/mol. The van der Waals surface area contributed by atoms with E-state index in [-0.39, 0.29) is 5.69 Å². The van der Waals surface area contributed by atoms with Gasteiger partial charge in [-0.3, -0.25) is 0 Å². The standard InChI is InChI=1S/C12H11ClN2O2S/c13-9-3-1-8(2-4-9)5-6-14-11-10(12(16)17)15-7-18-11/h1-4,7,14H,5-6H2,(H,16,17). The molecule has 0 radical (unpaired) electrons. The summed E-state index contributed by atoms with van der Waals surface area (Å²) in [5, 5.41) is 13.3. The van der Waals surface area contributed by atoms with Gasteiger partial charge in [-0.15, -0.1) is 11.3 Å². The van der Waals surface area contributed by atoms with Gasteiger partial charge in [-0.1, -0.05) is 23.7 Å². The van der Waals surface area contributed by atoms with Crippen LogP contribution in [0.5, 0.6) is 0 Å². The van der Waals surface area contributed by atoms with Crippen molar-refractivity contribution in [3.05, 3.63) is 46.1 Å². The lowest BCUT2D eigenvalue weighted by Crippen LogP contribution is -2.07. The summed E-state index contributed by atoms with van der Waals surface area (Å²) in [4.78, 5) is 14.6. The molecule has 0 unspecified atom stereocenters. The number of nitrogens with one attached hydrogen (secondary N) is 1. The summed E-state index contributed by atoms with van der Waals surface area (Å²) >= 11 is 7.09. The van der Waals surface area contributed by atoms with Gasteiger partial charge in [0, 0.05) is 11.6 Å². The Morgan fingerprint density at radius 2 is 2.11 bits per heavy atom. The Morgan fingerprint density at radius 3 is 2.78 bits per heavy atom. The van der Waals surface area contributed by atoms with Crippen molar-refractivity contribution in [3.63, 3.8) is 0 Å². The number of hydrogen-bond acceptors (Lipinski definition) is 4. The Bertz CT molecular complexity index is 539. The minimum absolute atomic E-state index is 0.0797.